The van der Waals surface area contributed by atoms with Crippen LogP contribution in [0.4, 0.5) is 17.6 Å². The van der Waals surface area contributed by atoms with Crippen molar-refractivity contribution in [2.24, 2.45) is 0 Å². The fourth-order valence-electron chi connectivity index (χ4n) is 7.84. The van der Waals surface area contributed by atoms with Crippen molar-refractivity contribution in [3.05, 3.63) is 120 Å². The molecule has 0 spiro atoms. The minimum atomic E-state index is -0.671. The summed E-state index contributed by atoms with van der Waals surface area (Å²) in [6.07, 6.45) is 29.7. The SMILES string of the molecule is C#CCCO.C#CCCOP.C#CCCOP.CC1CCC[C@@H](COc2ccc(F)cc2)O1.C[C@@H]1CCC[C@@H](COc2ccc(F)cc2)O1.C[C@@H]1CCC[C@@H](COc2ccc(F)cc2)O1.OC1CCC[C@@H](COc2ccc(F)cc2)O1.[3HH].[3HH].[Ca+2].[Cl-].[Cl-]. The maximum atomic E-state index is 12.7. The summed E-state index contributed by atoms with van der Waals surface area (Å²) in [4.78, 5) is 0. The van der Waals surface area contributed by atoms with Gasteiger partial charge in [0.2, 0.25) is 0 Å². The van der Waals surface area contributed by atoms with E-state index in [4.69, 9.17) is 62.3 Å². The smallest absolute Gasteiger partial charge is 1.00 e. The van der Waals surface area contributed by atoms with Crippen LogP contribution in [-0.4, -0.2) is 143 Å². The summed E-state index contributed by atoms with van der Waals surface area (Å²) in [5, 5.41) is 17.2. The Labute approximate surface area is 547 Å². The molecule has 4 aliphatic heterocycles. The number of hydrogen-bond acceptors (Lipinski definition) is 12. The number of hydrogen-bond donors (Lipinski definition) is 2. The van der Waals surface area contributed by atoms with Crippen LogP contribution in [0.2, 0.25) is 0 Å². The summed E-state index contributed by atoms with van der Waals surface area (Å²) in [6, 6.07) is 24.1. The Bertz CT molecular complexity index is 2030. The molecule has 4 aliphatic rings. The third-order valence-electron chi connectivity index (χ3n) is 12.0. The van der Waals surface area contributed by atoms with Crippen LogP contribution in [0, 0.1) is 60.3 Å². The van der Waals surface area contributed by atoms with E-state index in [0.717, 1.165) is 51.4 Å². The quantitative estimate of drug-likeness (QED) is 0.0361. The minimum absolute atomic E-state index is 0. The first-order chi connectivity index (χ1) is 39.2. The molecular formula is C63H90CaCl2F4O12P2. The zero-order valence-electron chi connectivity index (χ0n) is 48.8. The Morgan fingerprint density at radius 3 is 0.893 bits per heavy atom. The van der Waals surface area contributed by atoms with Crippen molar-refractivity contribution in [2.75, 3.05) is 46.2 Å². The fraction of sp³-hybridized carbons (Fsp3) is 0.524. The van der Waals surface area contributed by atoms with Crippen LogP contribution in [0.5, 0.6) is 23.0 Å². The molecule has 4 heterocycles. The standard InChI is InChI=1S/3C13H17FO2.C12H15FO3.2C4H7OP.C4H6O.Ca.2ClH.2H2/c3*1-10-3-2-4-13(16-10)9-15-12-7-5-11(14)6-8-12;13-9-4-6-10(7-5-9)15-8-11-2-1-3-12(14)16-11;2*1-2-3-4-5-6;1-2-3-4-5;;;;;/h3*5-8,10,13H,2-4,9H2,1H3;4-7,11-12,14H,1-3,8H2;2*1H,3-4,6H2;1,5H,3-4H2;;4*1H/q;;;;;;;+2;;;;/p-2/t10?,13-;2*10-,13+;11-,12?;;;;;;;;/m0110......../s1/i;;;;;;;;;;2*1+2. The van der Waals surface area contributed by atoms with Gasteiger partial charge in [-0.3, -0.25) is 0 Å². The summed E-state index contributed by atoms with van der Waals surface area (Å²) >= 11 is 0. The van der Waals surface area contributed by atoms with Gasteiger partial charge in [-0.2, -0.15) is 0 Å². The van der Waals surface area contributed by atoms with Gasteiger partial charge in [-0.05, 0) is 195 Å². The first-order valence-corrected chi connectivity index (χ1v) is 28.5. The van der Waals surface area contributed by atoms with Gasteiger partial charge in [-0.1, -0.05) is 0 Å². The van der Waals surface area contributed by atoms with Crippen molar-refractivity contribution in [1.82, 2.24) is 0 Å². The van der Waals surface area contributed by atoms with Crippen LogP contribution in [-0.2, 0) is 28.0 Å². The molecule has 468 valence electrons. The summed E-state index contributed by atoms with van der Waals surface area (Å²) in [6.45, 7) is 9.70. The molecule has 0 amide bonds. The molecule has 0 bridgehead atoms. The van der Waals surface area contributed by atoms with Gasteiger partial charge in [0, 0.05) is 41.0 Å². The van der Waals surface area contributed by atoms with E-state index < -0.39 is 6.29 Å². The third kappa shape index (κ3) is 43.5. The molecule has 4 fully saturated rings. The van der Waals surface area contributed by atoms with Gasteiger partial charge in [0.25, 0.3) is 0 Å². The number of rotatable bonds is 17. The predicted molar refractivity (Wildman–Crippen MR) is 326 cm³/mol. The average Bonchev–Trinajstić information content (AvgIpc) is 3.49. The zero-order valence-corrected chi connectivity index (χ0v) is 54.8. The fourth-order valence-corrected chi connectivity index (χ4v) is 8.08. The van der Waals surface area contributed by atoms with Gasteiger partial charge in [-0.25, -0.2) is 17.6 Å². The number of aliphatic hydroxyl groups is 2. The Kier molecular flexibility index (Phi) is 53.4. The molecule has 2 N–H and O–H groups in total. The van der Waals surface area contributed by atoms with Crippen LogP contribution < -0.4 is 43.8 Å². The number of halogens is 6. The molecule has 4 aromatic rings. The number of benzene rings is 4. The molecule has 21 heteroatoms. The Morgan fingerprint density at radius 2 is 0.702 bits per heavy atom. The number of aliphatic hydroxyl groups excluding tert-OH is 2. The van der Waals surface area contributed by atoms with Crippen LogP contribution in [0.3, 0.4) is 0 Å². The molecule has 10 atom stereocenters. The van der Waals surface area contributed by atoms with E-state index in [1.807, 2.05) is 0 Å². The van der Waals surface area contributed by atoms with Gasteiger partial charge in [0.1, 0.15) is 72.7 Å². The largest absolute Gasteiger partial charge is 2.00 e. The van der Waals surface area contributed by atoms with Gasteiger partial charge >= 0.3 is 37.7 Å². The van der Waals surface area contributed by atoms with Crippen molar-refractivity contribution >= 4 is 56.7 Å². The van der Waals surface area contributed by atoms with Gasteiger partial charge in [0.15, 0.2) is 6.29 Å². The van der Waals surface area contributed by atoms with Crippen molar-refractivity contribution < 1.29 is 102 Å². The molecular weight excluding hydrogens is 1200 g/mol. The maximum absolute atomic E-state index is 12.7. The second-order valence-electron chi connectivity index (χ2n) is 19.0. The summed E-state index contributed by atoms with van der Waals surface area (Å²) in [7, 11) is 4.27. The normalized spacial score (nSPS) is 20.8. The topological polar surface area (TPSA) is 133 Å². The third-order valence-corrected chi connectivity index (χ3v) is 12.5. The summed E-state index contributed by atoms with van der Waals surface area (Å²) in [5.41, 5.74) is 0. The molecule has 8 rings (SSSR count). The summed E-state index contributed by atoms with van der Waals surface area (Å²) < 4.78 is 104. The van der Waals surface area contributed by atoms with E-state index in [9.17, 15) is 22.7 Å². The maximum Gasteiger partial charge on any atom is 2.00 e. The molecule has 0 aromatic heterocycles. The van der Waals surface area contributed by atoms with E-state index in [-0.39, 0.29) is 120 Å². The zero-order chi connectivity index (χ0) is 59.3. The van der Waals surface area contributed by atoms with Crippen LogP contribution in [0.1, 0.15) is 120 Å². The van der Waals surface area contributed by atoms with E-state index in [0.29, 0.717) is 107 Å². The van der Waals surface area contributed by atoms with Gasteiger partial charge in [0.05, 0.1) is 62.5 Å². The molecule has 0 aliphatic carbocycles. The first kappa shape index (κ1) is 82.9. The Balaban J connectivity index is -0.000000470. The second-order valence-corrected chi connectivity index (χ2v) is 19.7. The number of ether oxygens (including phenoxy) is 8. The van der Waals surface area contributed by atoms with E-state index >= 15 is 0 Å². The number of terminal acetylenes is 3. The molecule has 4 aromatic carbocycles. The molecule has 4 unspecified atom stereocenters. The van der Waals surface area contributed by atoms with Crippen molar-refractivity contribution in [2.45, 2.75) is 166 Å². The Morgan fingerprint density at radius 1 is 0.452 bits per heavy atom. The summed E-state index contributed by atoms with van der Waals surface area (Å²) in [5.74, 6) is 8.83. The van der Waals surface area contributed by atoms with Crippen molar-refractivity contribution in [3.8, 4) is 60.0 Å². The molecule has 0 radical (unpaired) electrons. The van der Waals surface area contributed by atoms with Gasteiger partial charge < -0.3 is 82.0 Å². The van der Waals surface area contributed by atoms with E-state index in [2.05, 4.69) is 66.5 Å². The van der Waals surface area contributed by atoms with Crippen LogP contribution in [0.15, 0.2) is 97.1 Å². The van der Waals surface area contributed by atoms with Crippen molar-refractivity contribution in [3.63, 3.8) is 0 Å². The molecule has 0 saturated carbocycles. The monoisotopic (exact) mass is 1290 g/mol. The second kappa shape index (κ2) is 54.0. The Hall–Kier alpha value is -3.14. The molecule has 84 heavy (non-hydrogen) atoms. The molecule has 12 nitrogen and oxygen atoms in total. The van der Waals surface area contributed by atoms with Gasteiger partial charge in [-0.15, -0.1) is 37.0 Å². The van der Waals surface area contributed by atoms with Crippen LogP contribution in [0.25, 0.3) is 0 Å². The van der Waals surface area contributed by atoms with Crippen molar-refractivity contribution in [1.29, 1.82) is 0 Å². The average molecular weight is 1290 g/mol. The van der Waals surface area contributed by atoms with Crippen LogP contribution >= 0.6 is 18.9 Å². The predicted octanol–water partition coefficient (Wildman–Crippen LogP) is 7.33. The first-order valence-electron chi connectivity index (χ1n) is 27.6. The van der Waals surface area contributed by atoms with E-state index in [1.54, 1.807) is 48.5 Å². The van der Waals surface area contributed by atoms with E-state index in [1.165, 1.54) is 67.8 Å². The molecule has 4 saturated heterocycles. The minimum Gasteiger partial charge on any atom is -1.00 e.